The number of aromatic nitrogens is 2. The summed E-state index contributed by atoms with van der Waals surface area (Å²) in [7, 11) is 1.82. The van der Waals surface area contributed by atoms with Crippen molar-refractivity contribution in [1.29, 1.82) is 0 Å². The fourth-order valence-corrected chi connectivity index (χ4v) is 4.96. The smallest absolute Gasteiger partial charge is 0.255 e. The third kappa shape index (κ3) is 2.39. The third-order valence-electron chi connectivity index (χ3n) is 5.27. The van der Waals surface area contributed by atoms with E-state index in [9.17, 15) is 4.79 Å². The van der Waals surface area contributed by atoms with Crippen LogP contribution in [0.2, 0.25) is 0 Å². The second kappa shape index (κ2) is 5.39. The minimum absolute atomic E-state index is 0.0506. The van der Waals surface area contributed by atoms with Gasteiger partial charge in [0.2, 0.25) is 0 Å². The van der Waals surface area contributed by atoms with Crippen molar-refractivity contribution in [3.63, 3.8) is 0 Å². The van der Waals surface area contributed by atoms with E-state index in [1.165, 1.54) is 28.4 Å². The topological polar surface area (TPSA) is 49.3 Å². The number of hydrogen-bond acceptors (Lipinski definition) is 5. The first kappa shape index (κ1) is 15.1. The number of fused-ring (bicyclic) bond motifs is 2. The van der Waals surface area contributed by atoms with Crippen molar-refractivity contribution in [3.05, 3.63) is 45.0 Å². The average Bonchev–Trinajstić information content (AvgIpc) is 3.33. The van der Waals surface area contributed by atoms with Gasteiger partial charge in [-0.3, -0.25) is 4.79 Å². The second-order valence-corrected chi connectivity index (χ2v) is 8.24. The van der Waals surface area contributed by atoms with E-state index in [0.29, 0.717) is 18.0 Å². The van der Waals surface area contributed by atoms with Crippen molar-refractivity contribution in [3.8, 4) is 0 Å². The predicted octanol–water partition coefficient (Wildman–Crippen LogP) is 3.21. The Morgan fingerprint density at radius 2 is 2.12 bits per heavy atom. The monoisotopic (exact) mass is 352 g/mol. The van der Waals surface area contributed by atoms with Gasteiger partial charge in [-0.05, 0) is 18.9 Å². The zero-order valence-electron chi connectivity index (χ0n) is 14.3. The Bertz CT molecular complexity index is 899. The number of anilines is 1. The molecule has 0 N–H and O–H groups in total. The maximum atomic E-state index is 12.2. The van der Waals surface area contributed by atoms with E-state index < -0.39 is 0 Å². The maximum absolute atomic E-state index is 12.2. The summed E-state index contributed by atoms with van der Waals surface area (Å²) in [6.45, 7) is 6.29. The van der Waals surface area contributed by atoms with Crippen molar-refractivity contribution < 1.29 is 4.79 Å². The zero-order chi connectivity index (χ0) is 17.1. The zero-order valence-corrected chi connectivity index (χ0v) is 15.1. The summed E-state index contributed by atoms with van der Waals surface area (Å²) < 4.78 is 0. The molecule has 1 fully saturated rings. The van der Waals surface area contributed by atoms with Crippen LogP contribution in [-0.2, 0) is 19.5 Å². The van der Waals surface area contributed by atoms with Crippen LogP contribution in [0, 0.1) is 0 Å². The van der Waals surface area contributed by atoms with Gasteiger partial charge in [0, 0.05) is 36.4 Å². The molecule has 2 aromatic rings. The minimum atomic E-state index is 0.0506. The molecule has 25 heavy (non-hydrogen) atoms. The molecule has 2 aromatic heterocycles. The van der Waals surface area contributed by atoms with Gasteiger partial charge in [0.05, 0.1) is 35.0 Å². The fraction of sp³-hybridized carbons (Fsp3) is 0.421. The van der Waals surface area contributed by atoms with Gasteiger partial charge in [-0.15, -0.1) is 11.3 Å². The van der Waals surface area contributed by atoms with Crippen molar-refractivity contribution in [1.82, 2.24) is 14.9 Å². The van der Waals surface area contributed by atoms with Gasteiger partial charge < -0.3 is 9.80 Å². The minimum Gasteiger partial charge on any atom is -0.351 e. The van der Waals surface area contributed by atoms with Crippen LogP contribution < -0.4 is 4.90 Å². The first-order valence-corrected chi connectivity index (χ1v) is 9.61. The van der Waals surface area contributed by atoms with Crippen LogP contribution in [0.15, 0.2) is 12.6 Å². The van der Waals surface area contributed by atoms with Crippen molar-refractivity contribution in [2.24, 2.45) is 0 Å². The summed E-state index contributed by atoms with van der Waals surface area (Å²) in [5.74, 6) is 1.71. The fourth-order valence-electron chi connectivity index (χ4n) is 3.67. The number of thiazole rings is 1. The van der Waals surface area contributed by atoms with Crippen LogP contribution in [-0.4, -0.2) is 34.4 Å². The van der Waals surface area contributed by atoms with Gasteiger partial charge in [-0.2, -0.15) is 0 Å². The number of carbonyl (C=O) groups excluding carboxylic acids is 1. The lowest BCUT2D eigenvalue weighted by Gasteiger charge is -2.28. The van der Waals surface area contributed by atoms with Gasteiger partial charge in [0.25, 0.3) is 5.91 Å². The number of carbonyl (C=O) groups is 1. The molecule has 0 aromatic carbocycles. The highest BCUT2D eigenvalue weighted by molar-refractivity contribution is 7.11. The Balaban J connectivity index is 1.50. The van der Waals surface area contributed by atoms with E-state index in [2.05, 4.69) is 11.5 Å². The van der Waals surface area contributed by atoms with Gasteiger partial charge in [0.15, 0.2) is 0 Å². The standard InChI is InChI=1S/C19H20N4OS/c1-3-11-8-13-15(9-22(2)19(13)24)20-17(11)23-7-6-14-16(10-23)25-18(21-14)12-4-5-12/h3,8,12H,1,4-7,9-10H2,2H3. The Morgan fingerprint density at radius 3 is 2.88 bits per heavy atom. The number of hydrogen-bond donors (Lipinski definition) is 0. The predicted molar refractivity (Wildman–Crippen MR) is 99.0 cm³/mol. The molecule has 0 bridgehead atoms. The van der Waals surface area contributed by atoms with Crippen LogP contribution in [0.25, 0.3) is 6.08 Å². The number of rotatable bonds is 3. The SMILES string of the molecule is C=Cc1cc2c(nc1N1CCc3nc(C4CC4)sc3C1)CN(C)C2=O. The largest absolute Gasteiger partial charge is 0.351 e. The Kier molecular flexibility index (Phi) is 3.25. The normalized spacial score (nSPS) is 19.2. The quantitative estimate of drug-likeness (QED) is 0.851. The molecule has 2 aliphatic heterocycles. The number of amides is 1. The van der Waals surface area contributed by atoms with Crippen molar-refractivity contribution >= 4 is 29.1 Å². The molecule has 1 amide bonds. The molecule has 128 valence electrons. The van der Waals surface area contributed by atoms with Crippen LogP contribution in [0.5, 0.6) is 0 Å². The first-order valence-electron chi connectivity index (χ1n) is 8.79. The highest BCUT2D eigenvalue weighted by Gasteiger charge is 2.32. The third-order valence-corrected chi connectivity index (χ3v) is 6.51. The second-order valence-electron chi connectivity index (χ2n) is 7.13. The summed E-state index contributed by atoms with van der Waals surface area (Å²) in [6, 6.07) is 1.95. The van der Waals surface area contributed by atoms with Crippen molar-refractivity contribution in [2.75, 3.05) is 18.5 Å². The lowest BCUT2D eigenvalue weighted by molar-refractivity contribution is 0.0816. The van der Waals surface area contributed by atoms with E-state index in [4.69, 9.17) is 9.97 Å². The molecule has 0 atom stereocenters. The summed E-state index contributed by atoms with van der Waals surface area (Å²) in [5.41, 5.74) is 3.81. The molecule has 0 radical (unpaired) electrons. The average molecular weight is 352 g/mol. The summed E-state index contributed by atoms with van der Waals surface area (Å²) in [4.78, 5) is 27.3. The highest BCUT2D eigenvalue weighted by Crippen LogP contribution is 2.43. The molecule has 0 unspecified atom stereocenters. The van der Waals surface area contributed by atoms with Gasteiger partial charge in [0.1, 0.15) is 5.82 Å². The first-order chi connectivity index (χ1) is 12.1. The highest BCUT2D eigenvalue weighted by atomic mass is 32.1. The van der Waals surface area contributed by atoms with E-state index in [1.807, 2.05) is 30.5 Å². The van der Waals surface area contributed by atoms with E-state index >= 15 is 0 Å². The van der Waals surface area contributed by atoms with Crippen LogP contribution >= 0.6 is 11.3 Å². The molecule has 3 aliphatic rings. The summed E-state index contributed by atoms with van der Waals surface area (Å²) in [6.07, 6.45) is 5.37. The molecule has 1 aliphatic carbocycles. The number of nitrogens with zero attached hydrogens (tertiary/aromatic N) is 4. The molecular weight excluding hydrogens is 332 g/mol. The molecule has 5 nitrogen and oxygen atoms in total. The van der Waals surface area contributed by atoms with E-state index in [-0.39, 0.29) is 5.91 Å². The summed E-state index contributed by atoms with van der Waals surface area (Å²) in [5, 5.41) is 1.32. The Hall–Kier alpha value is -2.21. The van der Waals surface area contributed by atoms with Crippen molar-refractivity contribution in [2.45, 2.75) is 38.3 Å². The van der Waals surface area contributed by atoms with Crippen LogP contribution in [0.3, 0.4) is 0 Å². The Labute approximate surface area is 151 Å². The molecule has 6 heteroatoms. The van der Waals surface area contributed by atoms with Gasteiger partial charge in [-0.25, -0.2) is 9.97 Å². The van der Waals surface area contributed by atoms with E-state index in [0.717, 1.165) is 36.6 Å². The van der Waals surface area contributed by atoms with Gasteiger partial charge in [-0.1, -0.05) is 12.7 Å². The molecule has 0 saturated heterocycles. The van der Waals surface area contributed by atoms with E-state index in [1.54, 1.807) is 4.90 Å². The molecule has 5 rings (SSSR count). The molecule has 1 saturated carbocycles. The van der Waals surface area contributed by atoms with Crippen LogP contribution in [0.1, 0.15) is 56.0 Å². The lowest BCUT2D eigenvalue weighted by Crippen LogP contribution is -2.31. The maximum Gasteiger partial charge on any atom is 0.255 e. The number of pyridine rings is 1. The summed E-state index contributed by atoms with van der Waals surface area (Å²) >= 11 is 1.88. The van der Waals surface area contributed by atoms with Crippen LogP contribution in [0.4, 0.5) is 5.82 Å². The molecular formula is C19H20N4OS. The van der Waals surface area contributed by atoms with Gasteiger partial charge >= 0.3 is 0 Å². The molecule has 0 spiro atoms. The lowest BCUT2D eigenvalue weighted by atomic mass is 10.1. The molecule has 4 heterocycles. The Morgan fingerprint density at radius 1 is 1.28 bits per heavy atom.